The number of carbonyl (C=O) groups excluding carboxylic acids is 1. The molecule has 1 saturated heterocycles. The van der Waals surface area contributed by atoms with Crippen LogP contribution in [0.5, 0.6) is 23.0 Å². The fourth-order valence-electron chi connectivity index (χ4n) is 25.2. The van der Waals surface area contributed by atoms with Gasteiger partial charge in [0.1, 0.15) is 5.78 Å². The Kier molecular flexibility index (Phi) is 14.2. The molecule has 12 heteroatoms. The standard InChI is InChI=1S/C84H87NO9S2/c1-94-74-35-57(50(40-86)29-73(74)91)56-32-69(87)61-28-49-27-53-26-48-25-51-41-95-96-42-62-58-31-67(81(53)21-9-15-46(39-81)23-44-11-4-2-5-12-44)70(88)33-59(58)64-30-52-16-10-22-82(52)43-83(64)65(62)38-76-84(66-36-72(90)71(89)34-60(66)63(82)37-75(83)84)78(80(61)93)54(20-19-47(56)24-45-13-6-3-7-14-45)68(85-76)18-8-17-55(77(48)49)79(51)92/h2-7,11-14,26-27,29-31,34-36,46-47,51-52,54-56,59,61,63,65,68,70,75-76,78-80,85-86,88-93H,9-10,15-16,18,21-25,28,32-33,37-43H2,1H3. The summed E-state index contributed by atoms with van der Waals surface area (Å²) in [6.45, 7) is -0.404. The molecule has 2 aliphatic heterocycles. The third-order valence-electron chi connectivity index (χ3n) is 28.7. The molecule has 13 aliphatic rings. The highest BCUT2D eigenvalue weighted by Crippen LogP contribution is 2.83. The maximum atomic E-state index is 17.5. The van der Waals surface area contributed by atoms with Crippen molar-refractivity contribution in [3.63, 3.8) is 0 Å². The third-order valence-corrected chi connectivity index (χ3v) is 31.1. The van der Waals surface area contributed by atoms with Crippen LogP contribution in [-0.2, 0) is 47.9 Å². The first kappa shape index (κ1) is 60.9. The number of aromatic hydroxyl groups is 3. The topological polar surface area (TPSA) is 180 Å². The molecule has 5 fully saturated rings. The zero-order valence-electron chi connectivity index (χ0n) is 54.7. The van der Waals surface area contributed by atoms with Crippen LogP contribution in [0.2, 0.25) is 0 Å². The van der Waals surface area contributed by atoms with Crippen LogP contribution >= 0.6 is 21.6 Å². The number of fused-ring (bicyclic) bond motifs is 10. The number of ketones is 1. The lowest BCUT2D eigenvalue weighted by Crippen LogP contribution is -2.79. The SMILES string of the molecule is COc1cc(C2CC(=O)C3Cc4cc5cc6c4C4C#CCC7NC8CC9C(=C%10C=C(C(O)CC%10C%10=CC%11CCCC%11%12CC%109C9CC%12c%10cc(O)c(O)cc%10C89C(C3O)C7C#CC2Cc2ccccc2)C52CCCC(Cc3ccccc3)C2)CSSCC(C6)C4O)c(CO)cc1O. The van der Waals surface area contributed by atoms with E-state index < -0.39 is 82.7 Å². The summed E-state index contributed by atoms with van der Waals surface area (Å²) in [5, 5.41) is 94.7. The minimum Gasteiger partial charge on any atom is -0.504 e. The van der Waals surface area contributed by atoms with Crippen LogP contribution in [0.1, 0.15) is 157 Å². The van der Waals surface area contributed by atoms with Crippen LogP contribution < -0.4 is 10.1 Å². The number of phenols is 3. The third kappa shape index (κ3) is 8.51. The number of benzene rings is 5. The van der Waals surface area contributed by atoms with Gasteiger partial charge in [0.05, 0.1) is 37.9 Å². The van der Waals surface area contributed by atoms with Gasteiger partial charge in [-0.2, -0.15) is 0 Å². The summed E-state index contributed by atoms with van der Waals surface area (Å²) in [7, 11) is 5.38. The Bertz CT molecular complexity index is 4330. The van der Waals surface area contributed by atoms with Gasteiger partial charge in [0.25, 0.3) is 0 Å². The van der Waals surface area contributed by atoms with Gasteiger partial charge in [0, 0.05) is 94.1 Å². The van der Waals surface area contributed by atoms with E-state index in [1.54, 1.807) is 12.1 Å². The second kappa shape index (κ2) is 22.4. The first-order valence-corrected chi connectivity index (χ1v) is 38.8. The summed E-state index contributed by atoms with van der Waals surface area (Å²) in [6, 6.07) is 32.6. The van der Waals surface area contributed by atoms with Crippen molar-refractivity contribution in [1.29, 1.82) is 0 Å². The number of hydrogen-bond donors (Lipinski definition) is 8. The zero-order valence-corrected chi connectivity index (χ0v) is 56.3. The normalized spacial score (nSPS) is 40.4. The second-order valence-electron chi connectivity index (χ2n) is 32.3. The zero-order chi connectivity index (χ0) is 64.9. The highest BCUT2D eigenvalue weighted by atomic mass is 33.1. The van der Waals surface area contributed by atoms with Gasteiger partial charge in [-0.15, -0.1) is 5.92 Å². The average Bonchev–Trinajstić information content (AvgIpc) is 0.867. The number of aliphatic hydroxyl groups is 4. The number of allylic oxidation sites excluding steroid dienone is 4. The average molecular weight is 1320 g/mol. The van der Waals surface area contributed by atoms with Crippen molar-refractivity contribution >= 4 is 27.4 Å². The molecule has 5 aromatic carbocycles. The number of methoxy groups -OCH3 is 1. The molecule has 8 N–H and O–H groups in total. The Morgan fingerprint density at radius 1 is 0.750 bits per heavy atom. The van der Waals surface area contributed by atoms with E-state index in [2.05, 4.69) is 95.7 Å². The van der Waals surface area contributed by atoms with Gasteiger partial charge in [-0.25, -0.2) is 0 Å². The molecule has 11 aliphatic carbocycles. The number of nitrogens with one attached hydrogen (secondary N) is 1. The van der Waals surface area contributed by atoms with Gasteiger partial charge < -0.3 is 45.8 Å². The minimum absolute atomic E-state index is 0.0443. The number of phenolic OH excluding ortho intramolecular Hbond substituents is 3. The number of piperidine rings is 1. The van der Waals surface area contributed by atoms with Crippen LogP contribution in [0, 0.1) is 93.7 Å². The Morgan fingerprint density at radius 3 is 2.33 bits per heavy atom. The van der Waals surface area contributed by atoms with Gasteiger partial charge in [0.15, 0.2) is 23.0 Å². The highest BCUT2D eigenvalue weighted by Gasteiger charge is 2.79. The van der Waals surface area contributed by atoms with E-state index in [0.717, 1.165) is 127 Å². The Hall–Kier alpha value is -6.19. The second-order valence-corrected chi connectivity index (χ2v) is 34.8. The number of aliphatic hydroxyl groups excluding tert-OH is 4. The van der Waals surface area contributed by atoms with Crippen molar-refractivity contribution in [2.45, 2.75) is 175 Å². The molecule has 13 bridgehead atoms. The molecular formula is C84H87NO9S2. The summed E-state index contributed by atoms with van der Waals surface area (Å²) in [5.74, 6) is 13.4. The molecule has 22 atom stereocenters. The molecular weight excluding hydrogens is 1230 g/mol. The number of ether oxygens (including phenoxy) is 1. The van der Waals surface area contributed by atoms with Crippen LogP contribution in [0.15, 0.2) is 132 Å². The van der Waals surface area contributed by atoms with E-state index in [1.807, 2.05) is 51.9 Å². The van der Waals surface area contributed by atoms with E-state index in [4.69, 9.17) is 4.74 Å². The van der Waals surface area contributed by atoms with E-state index >= 15 is 9.90 Å². The summed E-state index contributed by atoms with van der Waals surface area (Å²) >= 11 is 0. The van der Waals surface area contributed by atoms with E-state index in [0.29, 0.717) is 42.7 Å². The summed E-state index contributed by atoms with van der Waals surface area (Å²) in [4.78, 5) is 17.5. The predicted octanol–water partition coefficient (Wildman–Crippen LogP) is 12.9. The van der Waals surface area contributed by atoms with Crippen LogP contribution in [0.4, 0.5) is 0 Å². The maximum Gasteiger partial charge on any atom is 0.160 e. The first-order chi connectivity index (χ1) is 46.7. The molecule has 18 rings (SSSR count). The van der Waals surface area contributed by atoms with Crippen molar-refractivity contribution in [3.05, 3.63) is 187 Å². The molecule has 0 aromatic heterocycles. The fourth-order valence-corrected chi connectivity index (χ4v) is 27.8. The largest absolute Gasteiger partial charge is 0.504 e. The molecule has 10 nitrogen and oxygen atoms in total. The lowest BCUT2D eigenvalue weighted by molar-refractivity contribution is -0.187. The lowest BCUT2D eigenvalue weighted by Gasteiger charge is -2.78. The van der Waals surface area contributed by atoms with Gasteiger partial charge >= 0.3 is 0 Å². The molecule has 22 unspecified atom stereocenters. The molecule has 2 heterocycles. The summed E-state index contributed by atoms with van der Waals surface area (Å²) in [5.41, 5.74) is 13.1. The van der Waals surface area contributed by atoms with Gasteiger partial charge in [-0.3, -0.25) is 4.79 Å². The number of carbonyl (C=O) groups is 1. The molecule has 494 valence electrons. The highest BCUT2D eigenvalue weighted by molar-refractivity contribution is 8.76. The van der Waals surface area contributed by atoms with E-state index in [-0.39, 0.29) is 88.6 Å². The molecule has 0 radical (unpaired) electrons. The van der Waals surface area contributed by atoms with Crippen molar-refractivity contribution in [3.8, 4) is 46.7 Å². The van der Waals surface area contributed by atoms with Crippen LogP contribution in [0.3, 0.4) is 0 Å². The van der Waals surface area contributed by atoms with Crippen molar-refractivity contribution in [1.82, 2.24) is 5.32 Å². The lowest BCUT2D eigenvalue weighted by atomic mass is 9.27. The Balaban J connectivity index is 0.957. The van der Waals surface area contributed by atoms with Crippen molar-refractivity contribution in [2.24, 2.45) is 70.0 Å². The molecule has 4 spiro atoms. The van der Waals surface area contributed by atoms with Crippen molar-refractivity contribution in [2.75, 3.05) is 18.6 Å². The molecule has 0 amide bonds. The number of Topliss-reactive ketones (excluding diaryl/α,β-unsaturated/α-hetero) is 1. The quantitative estimate of drug-likeness (QED) is 0.0335. The van der Waals surface area contributed by atoms with Crippen LogP contribution in [-0.4, -0.2) is 90.5 Å². The van der Waals surface area contributed by atoms with Crippen molar-refractivity contribution < 1.29 is 45.3 Å². The smallest absolute Gasteiger partial charge is 0.160 e. The van der Waals surface area contributed by atoms with Gasteiger partial charge in [-0.1, -0.05) is 155 Å². The van der Waals surface area contributed by atoms with E-state index in [9.17, 15) is 30.6 Å². The minimum atomic E-state index is -1.31. The maximum absolute atomic E-state index is 17.5. The van der Waals surface area contributed by atoms with Gasteiger partial charge in [0.2, 0.25) is 0 Å². The monoisotopic (exact) mass is 1320 g/mol. The molecule has 96 heavy (non-hydrogen) atoms. The number of rotatable bonds is 7. The van der Waals surface area contributed by atoms with Crippen LogP contribution in [0.25, 0.3) is 0 Å². The summed E-state index contributed by atoms with van der Waals surface area (Å²) < 4.78 is 5.87. The molecule has 5 aromatic rings. The Morgan fingerprint density at radius 2 is 1.53 bits per heavy atom. The predicted molar refractivity (Wildman–Crippen MR) is 373 cm³/mol. The van der Waals surface area contributed by atoms with E-state index in [1.165, 1.54) is 29.4 Å². The first-order valence-electron chi connectivity index (χ1n) is 36.3. The number of hydrogen-bond acceptors (Lipinski definition) is 12. The summed E-state index contributed by atoms with van der Waals surface area (Å²) in [6.07, 6.45) is 15.1. The fraction of sp³-hybridized carbons (Fsp3) is 0.512. The van der Waals surface area contributed by atoms with Gasteiger partial charge in [-0.05, 0) is 203 Å². The molecule has 4 saturated carbocycles. The Labute approximate surface area is 571 Å².